The number of hydrogen-bond acceptors (Lipinski definition) is 2. The number of benzene rings is 2. The lowest BCUT2D eigenvalue weighted by atomic mass is 10.2. The summed E-state index contributed by atoms with van der Waals surface area (Å²) < 4.78 is 18.9. The fourth-order valence-electron chi connectivity index (χ4n) is 1.59. The zero-order valence-electron chi connectivity index (χ0n) is 10.5. The molecule has 6 heteroatoms. The van der Waals surface area contributed by atoms with Crippen LogP contribution in [0.1, 0.15) is 5.56 Å². The monoisotopic (exact) mass is 326 g/mol. The molecule has 0 aliphatic rings. The maximum Gasteiger partial charge on any atom is 0.328 e. The van der Waals surface area contributed by atoms with E-state index >= 15 is 0 Å². The van der Waals surface area contributed by atoms with E-state index < -0.39 is 11.8 Å². The molecule has 0 aliphatic carbocycles. The van der Waals surface area contributed by atoms with E-state index in [1.807, 2.05) is 0 Å². The molecule has 0 unspecified atom stereocenters. The summed E-state index contributed by atoms with van der Waals surface area (Å²) in [5.74, 6) is -1.19. The summed E-state index contributed by atoms with van der Waals surface area (Å²) in [6.45, 7) is 0. The van der Waals surface area contributed by atoms with Gasteiger partial charge in [0.1, 0.15) is 17.3 Å². The normalized spacial score (nSPS) is 10.8. The molecule has 0 amide bonds. The predicted molar refractivity (Wildman–Crippen MR) is 79.6 cm³/mol. The van der Waals surface area contributed by atoms with Crippen molar-refractivity contribution >= 4 is 35.2 Å². The van der Waals surface area contributed by atoms with Crippen molar-refractivity contribution in [2.75, 3.05) is 0 Å². The topological polar surface area (TPSA) is 46.5 Å². The summed E-state index contributed by atoms with van der Waals surface area (Å²) in [4.78, 5) is 10.6. The lowest BCUT2D eigenvalue weighted by Gasteiger charge is -2.10. The fraction of sp³-hybridized carbons (Fsp3) is 0. The minimum absolute atomic E-state index is 0.0144. The highest BCUT2D eigenvalue weighted by Gasteiger charge is 2.09. The Morgan fingerprint density at radius 2 is 1.95 bits per heavy atom. The Labute approximate surface area is 130 Å². The van der Waals surface area contributed by atoms with Gasteiger partial charge in [-0.05, 0) is 30.3 Å². The molecule has 0 heterocycles. The van der Waals surface area contributed by atoms with Gasteiger partial charge in [0.05, 0.1) is 10.0 Å². The van der Waals surface area contributed by atoms with Crippen LogP contribution >= 0.6 is 23.2 Å². The Hall–Kier alpha value is -2.04. The van der Waals surface area contributed by atoms with Crippen LogP contribution in [0.3, 0.4) is 0 Å². The molecule has 2 rings (SSSR count). The van der Waals surface area contributed by atoms with Crippen molar-refractivity contribution in [3.63, 3.8) is 0 Å². The molecule has 0 saturated carbocycles. The average molecular weight is 327 g/mol. The van der Waals surface area contributed by atoms with E-state index in [1.54, 1.807) is 18.2 Å². The lowest BCUT2D eigenvalue weighted by molar-refractivity contribution is -0.131. The van der Waals surface area contributed by atoms with Gasteiger partial charge in [0.2, 0.25) is 0 Å². The van der Waals surface area contributed by atoms with E-state index in [9.17, 15) is 9.18 Å². The van der Waals surface area contributed by atoms with Gasteiger partial charge in [-0.2, -0.15) is 0 Å². The first-order chi connectivity index (χ1) is 9.97. The quantitative estimate of drug-likeness (QED) is 0.802. The van der Waals surface area contributed by atoms with Crippen LogP contribution in [0.15, 0.2) is 42.5 Å². The van der Waals surface area contributed by atoms with E-state index in [0.717, 1.165) is 12.1 Å². The third kappa shape index (κ3) is 3.97. The maximum absolute atomic E-state index is 13.4. The summed E-state index contributed by atoms with van der Waals surface area (Å²) in [6.07, 6.45) is 2.25. The Bertz CT molecular complexity index is 714. The molecular formula is C15H9Cl2FO3. The van der Waals surface area contributed by atoms with Crippen LogP contribution in [-0.2, 0) is 4.79 Å². The van der Waals surface area contributed by atoms with Crippen LogP contribution in [-0.4, -0.2) is 11.1 Å². The Morgan fingerprint density at radius 1 is 1.19 bits per heavy atom. The number of ether oxygens (including phenoxy) is 1. The molecule has 108 valence electrons. The van der Waals surface area contributed by atoms with Gasteiger partial charge in [0.15, 0.2) is 0 Å². The highest BCUT2D eigenvalue weighted by Crippen LogP contribution is 2.32. The Balaban J connectivity index is 2.37. The minimum atomic E-state index is -1.11. The predicted octanol–water partition coefficient (Wildman–Crippen LogP) is 5.02. The van der Waals surface area contributed by atoms with Crippen molar-refractivity contribution in [2.24, 2.45) is 0 Å². The van der Waals surface area contributed by atoms with Crippen LogP contribution in [0, 0.1) is 5.82 Å². The number of carbonyl (C=O) groups is 1. The van der Waals surface area contributed by atoms with Gasteiger partial charge in [-0.3, -0.25) is 0 Å². The molecule has 1 N–H and O–H groups in total. The summed E-state index contributed by atoms with van der Waals surface area (Å²) in [7, 11) is 0. The van der Waals surface area contributed by atoms with Gasteiger partial charge < -0.3 is 9.84 Å². The SMILES string of the molecule is O=C(O)/C=C/c1c(Cl)cccc1Oc1ccc(Cl)c(F)c1. The van der Waals surface area contributed by atoms with E-state index in [2.05, 4.69) is 0 Å². The van der Waals surface area contributed by atoms with Crippen LogP contribution in [0.25, 0.3) is 6.08 Å². The second-order valence-corrected chi connectivity index (χ2v) is 4.82. The summed E-state index contributed by atoms with van der Waals surface area (Å²) >= 11 is 11.6. The third-order valence-electron chi connectivity index (χ3n) is 2.52. The summed E-state index contributed by atoms with van der Waals surface area (Å²) in [5, 5.41) is 8.98. The average Bonchev–Trinajstić information content (AvgIpc) is 2.42. The van der Waals surface area contributed by atoms with Gasteiger partial charge in [-0.1, -0.05) is 29.3 Å². The fourth-order valence-corrected chi connectivity index (χ4v) is 1.94. The smallest absolute Gasteiger partial charge is 0.328 e. The highest BCUT2D eigenvalue weighted by atomic mass is 35.5. The van der Waals surface area contributed by atoms with Crippen LogP contribution in [0.2, 0.25) is 10.0 Å². The van der Waals surface area contributed by atoms with E-state index in [-0.39, 0.29) is 10.8 Å². The largest absolute Gasteiger partial charge is 0.478 e. The van der Waals surface area contributed by atoms with Crippen molar-refractivity contribution in [2.45, 2.75) is 0 Å². The van der Waals surface area contributed by atoms with Crippen molar-refractivity contribution in [1.82, 2.24) is 0 Å². The molecule has 21 heavy (non-hydrogen) atoms. The summed E-state index contributed by atoms with van der Waals surface area (Å²) in [5.41, 5.74) is 0.386. The van der Waals surface area contributed by atoms with Crippen molar-refractivity contribution in [3.05, 3.63) is 63.9 Å². The first kappa shape index (κ1) is 15.4. The molecule has 2 aromatic carbocycles. The van der Waals surface area contributed by atoms with E-state index in [4.69, 9.17) is 33.0 Å². The number of aliphatic carboxylic acids is 1. The van der Waals surface area contributed by atoms with Gasteiger partial charge in [-0.15, -0.1) is 0 Å². The molecule has 0 bridgehead atoms. The molecule has 0 radical (unpaired) electrons. The molecule has 2 aromatic rings. The first-order valence-corrected chi connectivity index (χ1v) is 6.55. The molecule has 0 aliphatic heterocycles. The zero-order chi connectivity index (χ0) is 15.4. The van der Waals surface area contributed by atoms with E-state index in [0.29, 0.717) is 16.3 Å². The van der Waals surface area contributed by atoms with Gasteiger partial charge in [0, 0.05) is 17.7 Å². The molecule has 0 fully saturated rings. The Morgan fingerprint density at radius 3 is 2.62 bits per heavy atom. The van der Waals surface area contributed by atoms with Gasteiger partial charge in [0.25, 0.3) is 0 Å². The minimum Gasteiger partial charge on any atom is -0.478 e. The third-order valence-corrected chi connectivity index (χ3v) is 3.16. The number of carboxylic acid groups (broad SMARTS) is 1. The van der Waals surface area contributed by atoms with E-state index in [1.165, 1.54) is 18.2 Å². The Kier molecular flexibility index (Phi) is 4.83. The van der Waals surface area contributed by atoms with Crippen molar-refractivity contribution in [1.29, 1.82) is 0 Å². The molecule has 0 aromatic heterocycles. The number of hydrogen-bond donors (Lipinski definition) is 1. The molecular weight excluding hydrogens is 318 g/mol. The number of halogens is 3. The van der Waals surface area contributed by atoms with Gasteiger partial charge in [-0.25, -0.2) is 9.18 Å². The maximum atomic E-state index is 13.4. The molecule has 0 atom stereocenters. The van der Waals surface area contributed by atoms with Crippen molar-refractivity contribution in [3.8, 4) is 11.5 Å². The molecule has 0 saturated heterocycles. The second kappa shape index (κ2) is 6.61. The summed E-state index contributed by atoms with van der Waals surface area (Å²) in [6, 6.07) is 8.83. The van der Waals surface area contributed by atoms with Crippen LogP contribution < -0.4 is 4.74 Å². The first-order valence-electron chi connectivity index (χ1n) is 5.80. The lowest BCUT2D eigenvalue weighted by Crippen LogP contribution is -1.91. The van der Waals surface area contributed by atoms with Crippen LogP contribution in [0.4, 0.5) is 4.39 Å². The van der Waals surface area contributed by atoms with Gasteiger partial charge >= 0.3 is 5.97 Å². The molecule has 0 spiro atoms. The number of carboxylic acids is 1. The second-order valence-electron chi connectivity index (χ2n) is 4.00. The molecule has 3 nitrogen and oxygen atoms in total. The zero-order valence-corrected chi connectivity index (χ0v) is 12.0. The number of rotatable bonds is 4. The highest BCUT2D eigenvalue weighted by molar-refractivity contribution is 6.32. The van der Waals surface area contributed by atoms with Crippen LogP contribution in [0.5, 0.6) is 11.5 Å². The standard InChI is InChI=1S/C15H9Cl2FO3/c16-11-2-1-3-14(10(11)5-7-15(19)20)21-9-4-6-12(17)13(18)8-9/h1-8H,(H,19,20)/b7-5+. The van der Waals surface area contributed by atoms with Crippen molar-refractivity contribution < 1.29 is 19.0 Å².